The third-order valence-electron chi connectivity index (χ3n) is 2.24. The fraction of sp³-hybridized carbons (Fsp3) is 0.400. The molecule has 7 nitrogen and oxygen atoms in total. The van der Waals surface area contributed by atoms with E-state index in [-0.39, 0.29) is 12.5 Å². The minimum absolute atomic E-state index is 0.185. The number of hydrogen-bond acceptors (Lipinski definition) is 7. The summed E-state index contributed by atoms with van der Waals surface area (Å²) in [6, 6.07) is 1.65. The smallest absolute Gasteiger partial charge is 0.239 e. The molecular weight excluding hydrogens is 290 g/mol. The number of carbonyl (C=O) groups is 1. The molecule has 0 aliphatic rings. The lowest BCUT2D eigenvalue weighted by molar-refractivity contribution is -0.117. The van der Waals surface area contributed by atoms with Crippen molar-refractivity contribution in [3.05, 3.63) is 21.9 Å². The van der Waals surface area contributed by atoms with Gasteiger partial charge in [0.05, 0.1) is 6.54 Å². The molecule has 0 unspecified atom stereocenters. The van der Waals surface area contributed by atoms with Crippen LogP contribution in [0.1, 0.15) is 11.5 Å². The average Bonchev–Trinajstić information content (AvgIpc) is 2.89. The first-order valence-corrected chi connectivity index (χ1v) is 6.58. The maximum absolute atomic E-state index is 11.7. The Balaban J connectivity index is 1.83. The Morgan fingerprint density at radius 3 is 3.00 bits per heavy atom. The van der Waals surface area contributed by atoms with Crippen LogP contribution in [0.3, 0.4) is 0 Å². The molecule has 0 atom stereocenters. The molecule has 19 heavy (non-hydrogen) atoms. The van der Waals surface area contributed by atoms with Crippen LogP contribution in [0.2, 0.25) is 4.34 Å². The number of likely N-dealkylation sites (N-methyl/N-ethyl adjacent to an activating group) is 1. The zero-order valence-corrected chi connectivity index (χ0v) is 12.0. The van der Waals surface area contributed by atoms with Crippen molar-refractivity contribution in [2.24, 2.45) is 0 Å². The molecule has 2 aromatic heterocycles. The van der Waals surface area contributed by atoms with Crippen LogP contribution < -0.4 is 5.32 Å². The predicted octanol–water partition coefficient (Wildman–Crippen LogP) is 1.56. The molecule has 0 saturated carbocycles. The molecule has 0 aromatic carbocycles. The van der Waals surface area contributed by atoms with Gasteiger partial charge in [0.2, 0.25) is 5.91 Å². The summed E-state index contributed by atoms with van der Waals surface area (Å²) in [6.45, 7) is 2.41. The Labute approximate surface area is 118 Å². The van der Waals surface area contributed by atoms with E-state index < -0.39 is 0 Å². The van der Waals surface area contributed by atoms with Gasteiger partial charge >= 0.3 is 0 Å². The van der Waals surface area contributed by atoms with Gasteiger partial charge in [-0.25, -0.2) is 0 Å². The monoisotopic (exact) mass is 301 g/mol. The predicted molar refractivity (Wildman–Crippen MR) is 71.1 cm³/mol. The van der Waals surface area contributed by atoms with Gasteiger partial charge in [-0.2, -0.15) is 0 Å². The lowest BCUT2D eigenvalue weighted by Gasteiger charge is -2.13. The summed E-state index contributed by atoms with van der Waals surface area (Å²) in [5, 5.41) is 10.2. The standard InChI is InChI=1S/C10H12ClN5O2S/c1-6-3-8(14-18-6)12-9(17)5-16(2)4-7-10(11)19-15-13-7/h3H,4-5H2,1-2H3,(H,12,14,17). The van der Waals surface area contributed by atoms with E-state index in [1.807, 2.05) is 0 Å². The Morgan fingerprint density at radius 1 is 1.63 bits per heavy atom. The molecule has 0 bridgehead atoms. The van der Waals surface area contributed by atoms with E-state index in [1.165, 1.54) is 0 Å². The van der Waals surface area contributed by atoms with Crippen molar-refractivity contribution < 1.29 is 9.32 Å². The van der Waals surface area contributed by atoms with Crippen molar-refractivity contribution in [1.29, 1.82) is 0 Å². The van der Waals surface area contributed by atoms with E-state index in [9.17, 15) is 4.79 Å². The van der Waals surface area contributed by atoms with Crippen LogP contribution in [0.5, 0.6) is 0 Å². The maximum Gasteiger partial charge on any atom is 0.239 e. The van der Waals surface area contributed by atoms with Crippen molar-refractivity contribution >= 4 is 34.9 Å². The van der Waals surface area contributed by atoms with Gasteiger partial charge in [-0.15, -0.1) is 5.10 Å². The fourth-order valence-corrected chi connectivity index (χ4v) is 2.07. The molecule has 1 amide bonds. The van der Waals surface area contributed by atoms with Crippen molar-refractivity contribution in [1.82, 2.24) is 19.6 Å². The Bertz CT molecular complexity index is 570. The molecule has 0 radical (unpaired) electrons. The summed E-state index contributed by atoms with van der Waals surface area (Å²) in [6.07, 6.45) is 0. The van der Waals surface area contributed by atoms with Gasteiger partial charge in [0.15, 0.2) is 5.82 Å². The molecular formula is C10H12ClN5O2S. The molecule has 1 N–H and O–H groups in total. The largest absolute Gasteiger partial charge is 0.360 e. The highest BCUT2D eigenvalue weighted by Gasteiger charge is 2.13. The highest BCUT2D eigenvalue weighted by Crippen LogP contribution is 2.18. The first kappa shape index (κ1) is 13.9. The van der Waals surface area contributed by atoms with Crippen LogP contribution in [0.25, 0.3) is 0 Å². The lowest BCUT2D eigenvalue weighted by atomic mass is 10.4. The summed E-state index contributed by atoms with van der Waals surface area (Å²) < 4.78 is 9.13. The number of hydrogen-bond donors (Lipinski definition) is 1. The Morgan fingerprint density at radius 2 is 2.42 bits per heavy atom. The Kier molecular flexibility index (Phi) is 4.46. The zero-order valence-electron chi connectivity index (χ0n) is 10.4. The number of aryl methyl sites for hydroxylation is 1. The second kappa shape index (κ2) is 6.09. The summed E-state index contributed by atoms with van der Waals surface area (Å²) in [7, 11) is 1.79. The fourth-order valence-electron chi connectivity index (χ4n) is 1.46. The van der Waals surface area contributed by atoms with Crippen LogP contribution in [-0.2, 0) is 11.3 Å². The summed E-state index contributed by atoms with van der Waals surface area (Å²) in [5.41, 5.74) is 0.666. The van der Waals surface area contributed by atoms with Gasteiger partial charge in [0, 0.05) is 24.1 Å². The van der Waals surface area contributed by atoms with Gasteiger partial charge in [-0.1, -0.05) is 21.2 Å². The van der Waals surface area contributed by atoms with Crippen LogP contribution in [0, 0.1) is 6.92 Å². The normalized spacial score (nSPS) is 10.9. The third-order valence-corrected chi connectivity index (χ3v) is 3.22. The van der Waals surface area contributed by atoms with E-state index in [4.69, 9.17) is 16.1 Å². The molecule has 2 aromatic rings. The topological polar surface area (TPSA) is 84.2 Å². The molecule has 0 saturated heterocycles. The summed E-state index contributed by atoms with van der Waals surface area (Å²) in [5.74, 6) is 0.864. The molecule has 2 rings (SSSR count). The van der Waals surface area contributed by atoms with Crippen LogP contribution in [0.4, 0.5) is 5.82 Å². The van der Waals surface area contributed by atoms with E-state index in [0.717, 1.165) is 11.5 Å². The number of nitrogens with one attached hydrogen (secondary N) is 1. The van der Waals surface area contributed by atoms with Gasteiger partial charge in [0.1, 0.15) is 15.8 Å². The molecule has 102 valence electrons. The lowest BCUT2D eigenvalue weighted by Crippen LogP contribution is -2.30. The maximum atomic E-state index is 11.7. The molecule has 0 fully saturated rings. The molecule has 0 spiro atoms. The van der Waals surface area contributed by atoms with Crippen LogP contribution in [0.15, 0.2) is 10.6 Å². The number of carbonyl (C=O) groups excluding carboxylic acids is 1. The van der Waals surface area contributed by atoms with E-state index >= 15 is 0 Å². The number of amides is 1. The van der Waals surface area contributed by atoms with Crippen molar-refractivity contribution in [3.8, 4) is 0 Å². The van der Waals surface area contributed by atoms with E-state index in [0.29, 0.717) is 28.2 Å². The number of anilines is 1. The SMILES string of the molecule is Cc1cc(NC(=O)CN(C)Cc2nnsc2Cl)no1. The zero-order chi connectivity index (χ0) is 13.8. The van der Waals surface area contributed by atoms with Crippen LogP contribution in [-0.4, -0.2) is 39.1 Å². The van der Waals surface area contributed by atoms with E-state index in [2.05, 4.69) is 20.1 Å². The number of halogens is 1. The minimum Gasteiger partial charge on any atom is -0.360 e. The first-order chi connectivity index (χ1) is 9.04. The molecule has 0 aliphatic carbocycles. The number of rotatable bonds is 5. The molecule has 0 aliphatic heterocycles. The third kappa shape index (κ3) is 3.98. The van der Waals surface area contributed by atoms with E-state index in [1.54, 1.807) is 24.9 Å². The van der Waals surface area contributed by atoms with Crippen molar-refractivity contribution in [2.75, 3.05) is 18.9 Å². The summed E-state index contributed by atoms with van der Waals surface area (Å²) >= 11 is 7.02. The number of nitrogens with zero attached hydrogens (tertiary/aromatic N) is 4. The second-order valence-corrected chi connectivity index (χ2v) is 5.39. The first-order valence-electron chi connectivity index (χ1n) is 5.43. The second-order valence-electron chi connectivity index (χ2n) is 4.04. The van der Waals surface area contributed by atoms with Gasteiger partial charge in [0.25, 0.3) is 0 Å². The Hall–Kier alpha value is -1.51. The minimum atomic E-state index is -0.185. The average molecular weight is 302 g/mol. The van der Waals surface area contributed by atoms with Crippen molar-refractivity contribution in [3.63, 3.8) is 0 Å². The van der Waals surface area contributed by atoms with Crippen LogP contribution >= 0.6 is 23.1 Å². The highest BCUT2D eigenvalue weighted by molar-refractivity contribution is 7.10. The quantitative estimate of drug-likeness (QED) is 0.902. The highest BCUT2D eigenvalue weighted by atomic mass is 35.5. The van der Waals surface area contributed by atoms with Gasteiger partial charge in [-0.3, -0.25) is 9.69 Å². The van der Waals surface area contributed by atoms with Gasteiger partial charge < -0.3 is 9.84 Å². The molecule has 9 heteroatoms. The van der Waals surface area contributed by atoms with Gasteiger partial charge in [-0.05, 0) is 14.0 Å². The number of aromatic nitrogens is 3. The molecule has 2 heterocycles. The van der Waals surface area contributed by atoms with Crippen molar-refractivity contribution in [2.45, 2.75) is 13.5 Å². The summed E-state index contributed by atoms with van der Waals surface area (Å²) in [4.78, 5) is 13.5.